The van der Waals surface area contributed by atoms with Crippen LogP contribution in [0, 0.1) is 0 Å². The van der Waals surface area contributed by atoms with Crippen molar-refractivity contribution in [1.82, 2.24) is 4.98 Å². The Balaban J connectivity index is 1.93. The highest BCUT2D eigenvalue weighted by Gasteiger charge is 2.33. The smallest absolute Gasteiger partial charge is 0.264 e. The fourth-order valence-corrected chi connectivity index (χ4v) is 5.51. The molecule has 0 amide bonds. The lowest BCUT2D eigenvalue weighted by atomic mass is 10.2. The highest BCUT2D eigenvalue weighted by Crippen LogP contribution is 2.41. The van der Waals surface area contributed by atoms with Gasteiger partial charge >= 0.3 is 0 Å². The predicted octanol–water partition coefficient (Wildman–Crippen LogP) is 3.83. The molecule has 4 aromatic rings. The number of hydrogen-bond acceptors (Lipinski definition) is 3. The second-order valence-corrected chi connectivity index (χ2v) is 6.79. The van der Waals surface area contributed by atoms with Gasteiger partial charge in [-0.25, -0.2) is 0 Å². The summed E-state index contributed by atoms with van der Waals surface area (Å²) in [5.74, 6) is 0. The predicted molar refractivity (Wildman–Crippen MR) is 79.7 cm³/mol. The molecule has 0 N–H and O–H groups in total. The third-order valence-corrected chi connectivity index (χ3v) is 6.27. The minimum absolute atomic E-state index is 0.986. The number of benzene rings is 1. The summed E-state index contributed by atoms with van der Waals surface area (Å²) in [6, 6.07) is 10.8. The highest BCUT2D eigenvalue weighted by atomic mass is 32.1. The van der Waals surface area contributed by atoms with Crippen LogP contribution < -0.4 is 4.57 Å². The van der Waals surface area contributed by atoms with E-state index >= 15 is 0 Å². The summed E-state index contributed by atoms with van der Waals surface area (Å²) in [6.45, 7) is 0.986. The van der Waals surface area contributed by atoms with Crippen LogP contribution in [0.2, 0.25) is 0 Å². The number of thiophene rings is 1. The van der Waals surface area contributed by atoms with Gasteiger partial charge < -0.3 is 0 Å². The van der Waals surface area contributed by atoms with Crippen LogP contribution in [0.1, 0.15) is 5.56 Å². The van der Waals surface area contributed by atoms with Crippen molar-refractivity contribution in [3.05, 3.63) is 48.3 Å². The molecule has 0 saturated heterocycles. The zero-order chi connectivity index (χ0) is 12.4. The van der Waals surface area contributed by atoms with Gasteiger partial charge in [-0.05, 0) is 12.1 Å². The van der Waals surface area contributed by atoms with Gasteiger partial charge in [0.15, 0.2) is 6.54 Å². The minimum Gasteiger partial charge on any atom is -0.264 e. The first-order chi connectivity index (χ1) is 9.42. The Morgan fingerprint density at radius 3 is 3.05 bits per heavy atom. The van der Waals surface area contributed by atoms with Crippen LogP contribution in [0.15, 0.2) is 42.7 Å². The summed E-state index contributed by atoms with van der Waals surface area (Å²) in [6.07, 6.45) is 3.88. The molecule has 0 spiro atoms. The first-order valence-corrected chi connectivity index (χ1v) is 7.82. The summed E-state index contributed by atoms with van der Waals surface area (Å²) in [5.41, 5.74) is 2.69. The van der Waals surface area contributed by atoms with Crippen molar-refractivity contribution in [1.29, 1.82) is 0 Å². The van der Waals surface area contributed by atoms with Gasteiger partial charge in [-0.3, -0.25) is 4.98 Å². The van der Waals surface area contributed by atoms with E-state index in [1.54, 1.807) is 0 Å². The quantitative estimate of drug-likeness (QED) is 0.394. The van der Waals surface area contributed by atoms with Crippen molar-refractivity contribution in [2.24, 2.45) is 0 Å². The summed E-state index contributed by atoms with van der Waals surface area (Å²) in [7, 11) is 0. The van der Waals surface area contributed by atoms with Crippen molar-refractivity contribution in [2.75, 3.05) is 0 Å². The van der Waals surface area contributed by atoms with Crippen LogP contribution in [0.5, 0.6) is 0 Å². The van der Waals surface area contributed by atoms with Crippen LogP contribution in [0.25, 0.3) is 30.2 Å². The number of nitrogens with zero attached hydrogens (tertiary/aromatic N) is 2. The monoisotopic (exact) mass is 281 g/mol. The molecule has 3 aromatic heterocycles. The maximum Gasteiger partial charge on any atom is 0.281 e. The molecule has 0 saturated carbocycles. The molecule has 4 heterocycles. The van der Waals surface area contributed by atoms with Gasteiger partial charge in [0.2, 0.25) is 0 Å². The molecule has 90 valence electrons. The number of thiazole rings is 1. The van der Waals surface area contributed by atoms with Crippen molar-refractivity contribution in [2.45, 2.75) is 6.54 Å². The SMILES string of the molecule is c1ccc2c(c1)sc1c2sc2[n+]1Cc1ccncc1-2. The maximum absolute atomic E-state index is 4.27. The molecule has 5 rings (SSSR count). The van der Waals surface area contributed by atoms with Gasteiger partial charge in [-0.1, -0.05) is 40.9 Å². The topological polar surface area (TPSA) is 16.8 Å². The highest BCUT2D eigenvalue weighted by molar-refractivity contribution is 7.32. The van der Waals surface area contributed by atoms with Crippen LogP contribution in [-0.2, 0) is 6.54 Å². The van der Waals surface area contributed by atoms with Crippen LogP contribution in [0.4, 0.5) is 0 Å². The van der Waals surface area contributed by atoms with Crippen molar-refractivity contribution >= 4 is 42.3 Å². The molecular formula is C15H9N2S2+. The standard InChI is InChI=1S/C15H9N2S2/c1-2-4-12-10(3-1)13-15(18-12)17-8-9-5-6-16-7-11(9)14(17)19-13/h1-7H,8H2/q+1. The third kappa shape index (κ3) is 1.20. The van der Waals surface area contributed by atoms with Crippen molar-refractivity contribution in [3.63, 3.8) is 0 Å². The van der Waals surface area contributed by atoms with E-state index in [0.29, 0.717) is 0 Å². The lowest BCUT2D eigenvalue weighted by Gasteiger charge is -1.89. The molecule has 19 heavy (non-hydrogen) atoms. The van der Waals surface area contributed by atoms with E-state index in [2.05, 4.69) is 39.9 Å². The molecular weight excluding hydrogens is 272 g/mol. The first-order valence-electron chi connectivity index (χ1n) is 6.19. The Bertz CT molecular complexity index is 949. The van der Waals surface area contributed by atoms with Gasteiger partial charge in [-0.15, -0.1) is 0 Å². The van der Waals surface area contributed by atoms with Crippen LogP contribution in [0.3, 0.4) is 0 Å². The molecule has 1 aliphatic rings. The number of rotatable bonds is 0. The van der Waals surface area contributed by atoms with E-state index in [1.165, 1.54) is 35.8 Å². The van der Waals surface area contributed by atoms with Gasteiger partial charge in [-0.2, -0.15) is 4.57 Å². The van der Waals surface area contributed by atoms with Crippen LogP contribution >= 0.6 is 22.7 Å². The van der Waals surface area contributed by atoms with Gasteiger partial charge in [0, 0.05) is 28.0 Å². The molecule has 0 unspecified atom stereocenters. The summed E-state index contributed by atoms with van der Waals surface area (Å²) in [4.78, 5) is 5.67. The Kier molecular flexibility index (Phi) is 1.80. The minimum atomic E-state index is 0.986. The fraction of sp³-hybridized carbons (Fsp3) is 0.0667. The molecule has 0 aliphatic carbocycles. The summed E-state index contributed by atoms with van der Waals surface area (Å²) in [5, 5.41) is 2.75. The lowest BCUT2D eigenvalue weighted by Crippen LogP contribution is -2.29. The molecule has 1 aromatic carbocycles. The van der Waals surface area contributed by atoms with E-state index < -0.39 is 0 Å². The first kappa shape index (κ1) is 10.1. The Labute approximate surface area is 117 Å². The Morgan fingerprint density at radius 2 is 2.05 bits per heavy atom. The van der Waals surface area contributed by atoms with Gasteiger partial charge in [0.1, 0.15) is 4.70 Å². The summed E-state index contributed by atoms with van der Waals surface area (Å²) >= 11 is 3.80. The molecule has 0 bridgehead atoms. The molecule has 0 atom stereocenters. The average molecular weight is 281 g/mol. The second kappa shape index (κ2) is 3.40. The van der Waals surface area contributed by atoms with E-state index in [1.807, 2.05) is 35.1 Å². The van der Waals surface area contributed by atoms with Crippen LogP contribution in [-0.4, -0.2) is 4.98 Å². The number of pyridine rings is 1. The fourth-order valence-electron chi connectivity index (χ4n) is 2.80. The van der Waals surface area contributed by atoms with Crippen molar-refractivity contribution < 1.29 is 4.57 Å². The summed E-state index contributed by atoms with van der Waals surface area (Å²) < 4.78 is 5.25. The largest absolute Gasteiger partial charge is 0.281 e. The Morgan fingerprint density at radius 1 is 1.11 bits per heavy atom. The molecule has 0 radical (unpaired) electrons. The molecule has 4 heteroatoms. The lowest BCUT2D eigenvalue weighted by molar-refractivity contribution is -0.639. The van der Waals surface area contributed by atoms with E-state index in [0.717, 1.165) is 6.54 Å². The molecule has 1 aliphatic heterocycles. The zero-order valence-electron chi connectivity index (χ0n) is 9.96. The Hall–Kier alpha value is -1.78. The molecule has 2 nitrogen and oxygen atoms in total. The van der Waals surface area contributed by atoms with Crippen molar-refractivity contribution in [3.8, 4) is 10.6 Å². The van der Waals surface area contributed by atoms with Gasteiger partial charge in [0.05, 0.1) is 5.56 Å². The number of aromatic nitrogens is 2. The van der Waals surface area contributed by atoms with E-state index in [-0.39, 0.29) is 0 Å². The number of hydrogen-bond donors (Lipinski definition) is 0. The van der Waals surface area contributed by atoms with E-state index in [9.17, 15) is 0 Å². The average Bonchev–Trinajstić information content (AvgIpc) is 3.07. The zero-order valence-corrected chi connectivity index (χ0v) is 11.6. The maximum atomic E-state index is 4.27. The number of fused-ring (bicyclic) bond motifs is 7. The van der Waals surface area contributed by atoms with Gasteiger partial charge in [0.25, 0.3) is 9.84 Å². The molecule has 0 fully saturated rings. The van der Waals surface area contributed by atoms with E-state index in [4.69, 9.17) is 0 Å². The second-order valence-electron chi connectivity index (χ2n) is 4.76. The normalized spacial score (nSPS) is 13.1. The third-order valence-electron chi connectivity index (χ3n) is 3.69.